The van der Waals surface area contributed by atoms with Crippen molar-refractivity contribution in [3.05, 3.63) is 41.5 Å². The van der Waals surface area contributed by atoms with Gasteiger partial charge in [-0.1, -0.05) is 6.58 Å². The van der Waals surface area contributed by atoms with E-state index in [1.54, 1.807) is 32.6 Å². The van der Waals surface area contributed by atoms with E-state index in [2.05, 4.69) is 37.7 Å². The number of aromatic nitrogens is 3. The Bertz CT molecular complexity index is 1420. The zero-order chi connectivity index (χ0) is 34.1. The van der Waals surface area contributed by atoms with E-state index in [-0.39, 0.29) is 54.4 Å². The number of ether oxygens (including phenoxy) is 3. The highest BCUT2D eigenvalue weighted by molar-refractivity contribution is 5.79. The van der Waals surface area contributed by atoms with Crippen LogP contribution < -0.4 is 5.32 Å². The van der Waals surface area contributed by atoms with Crippen LogP contribution in [0.2, 0.25) is 0 Å². The number of hydrogen-bond donors (Lipinski definition) is 1. The number of amides is 1. The number of halogens is 1. The summed E-state index contributed by atoms with van der Waals surface area (Å²) in [5.74, 6) is -0.0611. The fourth-order valence-electron chi connectivity index (χ4n) is 5.61. The number of carbonyl (C=O) groups is 2. The zero-order valence-electron chi connectivity index (χ0n) is 29.2. The summed E-state index contributed by atoms with van der Waals surface area (Å²) < 4.78 is 35.4. The molecule has 0 bridgehead atoms. The molecule has 11 heteroatoms. The Balaban J connectivity index is 2.08. The Hall–Kier alpha value is -3.63. The third-order valence-electron chi connectivity index (χ3n) is 7.44. The fraction of sp³-hybridized carbons (Fsp3) is 0.647. The number of likely N-dealkylation sites (tertiary alicyclic amines) is 1. The molecule has 1 amide bonds. The van der Waals surface area contributed by atoms with E-state index in [9.17, 15) is 9.59 Å². The van der Waals surface area contributed by atoms with Gasteiger partial charge in [-0.3, -0.25) is 9.48 Å². The summed E-state index contributed by atoms with van der Waals surface area (Å²) in [5, 5.41) is 7.91. The average Bonchev–Trinajstić information content (AvgIpc) is 3.24. The average molecular weight is 630 g/mol. The lowest BCUT2D eigenvalue weighted by atomic mass is 9.72. The molecule has 1 N–H and O–H groups in total. The van der Waals surface area contributed by atoms with Crippen molar-refractivity contribution >= 4 is 29.5 Å². The van der Waals surface area contributed by atoms with E-state index in [0.717, 1.165) is 5.69 Å². The van der Waals surface area contributed by atoms with Gasteiger partial charge in [0.2, 0.25) is 0 Å². The second kappa shape index (κ2) is 13.0. The molecule has 1 saturated heterocycles. The summed E-state index contributed by atoms with van der Waals surface area (Å²) in [4.78, 5) is 33.3. The Labute approximate surface area is 267 Å². The molecule has 0 aliphatic carbocycles. The number of carbonyl (C=O) groups excluding carboxylic acids is 2. The first-order valence-electron chi connectivity index (χ1n) is 15.6. The van der Waals surface area contributed by atoms with Gasteiger partial charge >= 0.3 is 12.1 Å². The molecule has 2 atom stereocenters. The van der Waals surface area contributed by atoms with Crippen molar-refractivity contribution in [1.29, 1.82) is 0 Å². The number of aryl methyl sites for hydroxylation is 1. The first kappa shape index (κ1) is 35.8. The molecule has 250 valence electrons. The summed E-state index contributed by atoms with van der Waals surface area (Å²) in [6.45, 7) is 27.1. The van der Waals surface area contributed by atoms with E-state index < -0.39 is 34.5 Å². The van der Waals surface area contributed by atoms with Crippen molar-refractivity contribution in [3.63, 3.8) is 0 Å². The first-order chi connectivity index (χ1) is 20.5. The van der Waals surface area contributed by atoms with Gasteiger partial charge in [-0.05, 0) is 102 Å². The standard InChI is InChI=1S/C34H52FN5O5/c1-14-43-23(4)24-18-26(37-27-17-21(2)40(38-27)31(5,6)7)36-25(28(24)35)20-34(29(41)44-32(8,9)10)15-16-39(22(3)19-34)30(42)45-33(11,12)13/h17-18,22H,4,14-16,19-20H2,1-3,5-13H3,(H,36,37,38)/t22-,34-/m1/s1. The molecule has 2 aromatic heterocycles. The van der Waals surface area contributed by atoms with Crippen LogP contribution >= 0.6 is 0 Å². The highest BCUT2D eigenvalue weighted by Crippen LogP contribution is 2.42. The molecule has 0 saturated carbocycles. The Morgan fingerprint density at radius 2 is 1.69 bits per heavy atom. The number of rotatable bonds is 8. The lowest BCUT2D eigenvalue weighted by molar-refractivity contribution is -0.172. The van der Waals surface area contributed by atoms with Crippen LogP contribution in [0.3, 0.4) is 0 Å². The third-order valence-corrected chi connectivity index (χ3v) is 7.44. The second-order valence-corrected chi connectivity index (χ2v) is 15.0. The smallest absolute Gasteiger partial charge is 0.410 e. The Kier molecular flexibility index (Phi) is 10.4. The molecular formula is C34H52FN5O5. The fourth-order valence-corrected chi connectivity index (χ4v) is 5.61. The van der Waals surface area contributed by atoms with Crippen LogP contribution in [0.5, 0.6) is 0 Å². The number of nitrogens with one attached hydrogen (secondary N) is 1. The second-order valence-electron chi connectivity index (χ2n) is 15.0. The van der Waals surface area contributed by atoms with Crippen molar-refractivity contribution in [3.8, 4) is 0 Å². The van der Waals surface area contributed by atoms with Gasteiger partial charge in [-0.15, -0.1) is 0 Å². The number of esters is 1. The highest BCUT2D eigenvalue weighted by atomic mass is 19.1. The molecule has 2 aromatic rings. The van der Waals surface area contributed by atoms with E-state index in [0.29, 0.717) is 18.2 Å². The highest BCUT2D eigenvalue weighted by Gasteiger charge is 2.49. The van der Waals surface area contributed by atoms with E-state index in [1.165, 1.54) is 6.07 Å². The van der Waals surface area contributed by atoms with Crippen molar-refractivity contribution in [1.82, 2.24) is 19.7 Å². The van der Waals surface area contributed by atoms with E-state index in [1.807, 2.05) is 45.4 Å². The number of piperidine rings is 1. The van der Waals surface area contributed by atoms with Crippen molar-refractivity contribution in [2.45, 2.75) is 125 Å². The normalized spacial score (nSPS) is 19.2. The van der Waals surface area contributed by atoms with Crippen molar-refractivity contribution < 1.29 is 28.2 Å². The van der Waals surface area contributed by atoms with Gasteiger partial charge in [0, 0.05) is 30.8 Å². The minimum atomic E-state index is -1.16. The SMILES string of the molecule is C=C(OCC)c1cc(Nc2cc(C)n(C(C)(C)C)n2)nc(C[C@@]2(C(=O)OC(C)(C)C)CCN(C(=O)OC(C)(C)C)[C@H](C)C2)c1F. The quantitative estimate of drug-likeness (QED) is 0.236. The zero-order valence-corrected chi connectivity index (χ0v) is 29.2. The molecule has 45 heavy (non-hydrogen) atoms. The maximum atomic E-state index is 16.3. The van der Waals surface area contributed by atoms with Gasteiger partial charge in [0.1, 0.15) is 22.8 Å². The van der Waals surface area contributed by atoms with Crippen LogP contribution in [-0.4, -0.2) is 62.1 Å². The molecule has 0 radical (unpaired) electrons. The summed E-state index contributed by atoms with van der Waals surface area (Å²) in [6.07, 6.45) is -0.0426. The molecule has 10 nitrogen and oxygen atoms in total. The number of nitrogens with zero attached hydrogens (tertiary/aromatic N) is 4. The van der Waals surface area contributed by atoms with Crippen LogP contribution in [0, 0.1) is 18.2 Å². The molecule has 0 unspecified atom stereocenters. The summed E-state index contributed by atoms with van der Waals surface area (Å²) >= 11 is 0. The maximum absolute atomic E-state index is 16.3. The monoisotopic (exact) mass is 629 g/mol. The lowest BCUT2D eigenvalue weighted by Crippen LogP contribution is -2.54. The van der Waals surface area contributed by atoms with Crippen molar-refractivity contribution in [2.75, 3.05) is 18.5 Å². The first-order valence-corrected chi connectivity index (χ1v) is 15.6. The Morgan fingerprint density at radius 3 is 2.20 bits per heavy atom. The summed E-state index contributed by atoms with van der Waals surface area (Å²) in [6, 6.07) is 3.05. The molecule has 3 rings (SSSR count). The lowest BCUT2D eigenvalue weighted by Gasteiger charge is -2.44. The van der Waals surface area contributed by atoms with Crippen molar-refractivity contribution in [2.24, 2.45) is 5.41 Å². The number of hydrogen-bond acceptors (Lipinski definition) is 8. The van der Waals surface area contributed by atoms with Gasteiger partial charge in [0.15, 0.2) is 11.6 Å². The minimum Gasteiger partial charge on any atom is -0.494 e. The molecule has 1 aliphatic rings. The van der Waals surface area contributed by atoms with E-state index >= 15 is 4.39 Å². The minimum absolute atomic E-state index is 0.0579. The maximum Gasteiger partial charge on any atom is 0.410 e. The molecule has 0 spiro atoms. The summed E-state index contributed by atoms with van der Waals surface area (Å²) in [7, 11) is 0. The molecule has 1 fully saturated rings. The topological polar surface area (TPSA) is 108 Å². The van der Waals surface area contributed by atoms with Gasteiger partial charge in [0.25, 0.3) is 0 Å². The Morgan fingerprint density at radius 1 is 1.07 bits per heavy atom. The number of pyridine rings is 1. The third kappa shape index (κ3) is 8.98. The predicted octanol–water partition coefficient (Wildman–Crippen LogP) is 7.52. The predicted molar refractivity (Wildman–Crippen MR) is 174 cm³/mol. The van der Waals surface area contributed by atoms with Crippen LogP contribution in [0.25, 0.3) is 5.76 Å². The number of anilines is 2. The van der Waals surface area contributed by atoms with Gasteiger partial charge < -0.3 is 24.4 Å². The van der Waals surface area contributed by atoms with Crippen LogP contribution in [0.1, 0.15) is 106 Å². The molecular weight excluding hydrogens is 577 g/mol. The molecule has 0 aromatic carbocycles. The molecule has 3 heterocycles. The van der Waals surface area contributed by atoms with Crippen LogP contribution in [0.15, 0.2) is 18.7 Å². The van der Waals surface area contributed by atoms with Crippen LogP contribution in [0.4, 0.5) is 20.8 Å². The van der Waals surface area contributed by atoms with Gasteiger partial charge in [-0.2, -0.15) is 5.10 Å². The largest absolute Gasteiger partial charge is 0.494 e. The van der Waals surface area contributed by atoms with E-state index in [4.69, 9.17) is 19.3 Å². The van der Waals surface area contributed by atoms with Gasteiger partial charge in [-0.25, -0.2) is 14.2 Å². The van der Waals surface area contributed by atoms with Crippen LogP contribution in [-0.2, 0) is 31.0 Å². The van der Waals surface area contributed by atoms with Gasteiger partial charge in [0.05, 0.1) is 28.8 Å². The molecule has 1 aliphatic heterocycles. The summed E-state index contributed by atoms with van der Waals surface area (Å²) in [5.41, 5.74) is -1.71.